The fourth-order valence-corrected chi connectivity index (χ4v) is 2.54. The van der Waals surface area contributed by atoms with Crippen molar-refractivity contribution in [3.05, 3.63) is 11.6 Å². The number of aliphatic hydroxyl groups excluding tert-OH is 1. The Morgan fingerprint density at radius 2 is 2.54 bits per heavy atom. The highest BCUT2D eigenvalue weighted by molar-refractivity contribution is 7.13. The maximum Gasteiger partial charge on any atom is 0.185 e. The van der Waals surface area contributed by atoms with E-state index in [1.165, 1.54) is 12.8 Å². The van der Waals surface area contributed by atoms with Crippen molar-refractivity contribution in [3.8, 4) is 0 Å². The van der Waals surface area contributed by atoms with Gasteiger partial charge < -0.3 is 10.0 Å². The van der Waals surface area contributed by atoms with E-state index in [9.17, 15) is 5.11 Å². The smallest absolute Gasteiger partial charge is 0.185 e. The molecule has 4 heteroatoms. The fourth-order valence-electron chi connectivity index (χ4n) is 1.80. The summed E-state index contributed by atoms with van der Waals surface area (Å²) in [5, 5.41) is 12.2. The average molecular weight is 198 g/mol. The van der Waals surface area contributed by atoms with Gasteiger partial charge in [0.05, 0.1) is 12.6 Å². The lowest BCUT2D eigenvalue weighted by molar-refractivity contribution is 0.240. The van der Waals surface area contributed by atoms with Gasteiger partial charge in [0.25, 0.3) is 0 Å². The number of hydrogen-bond donors (Lipinski definition) is 1. The largest absolute Gasteiger partial charge is 0.394 e. The molecular weight excluding hydrogens is 184 g/mol. The second-order valence-corrected chi connectivity index (χ2v) is 4.21. The molecule has 3 nitrogen and oxygen atoms in total. The van der Waals surface area contributed by atoms with Gasteiger partial charge >= 0.3 is 0 Å². The number of rotatable bonds is 2. The highest BCUT2D eigenvalue weighted by Crippen LogP contribution is 2.25. The van der Waals surface area contributed by atoms with Crippen molar-refractivity contribution in [1.82, 2.24) is 4.98 Å². The molecule has 1 aromatic rings. The molecule has 0 bridgehead atoms. The van der Waals surface area contributed by atoms with Crippen molar-refractivity contribution in [1.29, 1.82) is 0 Å². The van der Waals surface area contributed by atoms with Crippen molar-refractivity contribution in [3.63, 3.8) is 0 Å². The van der Waals surface area contributed by atoms with E-state index in [0.717, 1.165) is 18.1 Å². The van der Waals surface area contributed by atoms with Crippen molar-refractivity contribution < 1.29 is 5.11 Å². The predicted molar refractivity (Wildman–Crippen MR) is 54.2 cm³/mol. The lowest BCUT2D eigenvalue weighted by Gasteiger charge is -2.34. The van der Waals surface area contributed by atoms with Gasteiger partial charge in [0.15, 0.2) is 5.13 Å². The molecule has 1 aromatic heterocycles. The van der Waals surface area contributed by atoms with Crippen LogP contribution in [0.1, 0.15) is 19.3 Å². The van der Waals surface area contributed by atoms with Crippen LogP contribution in [-0.4, -0.2) is 29.3 Å². The molecule has 0 unspecified atom stereocenters. The zero-order valence-corrected chi connectivity index (χ0v) is 8.33. The summed E-state index contributed by atoms with van der Waals surface area (Å²) in [5.41, 5.74) is 0. The first kappa shape index (κ1) is 8.97. The van der Waals surface area contributed by atoms with Crippen LogP contribution in [0.2, 0.25) is 0 Å². The molecule has 0 radical (unpaired) electrons. The van der Waals surface area contributed by atoms with Gasteiger partial charge in [-0.05, 0) is 19.3 Å². The molecule has 1 aliphatic heterocycles. The summed E-state index contributed by atoms with van der Waals surface area (Å²) in [7, 11) is 0. The van der Waals surface area contributed by atoms with Gasteiger partial charge in [0.1, 0.15) is 0 Å². The maximum absolute atomic E-state index is 9.20. The monoisotopic (exact) mass is 198 g/mol. The SMILES string of the molecule is OC[C@H]1CCCCN1c1nccs1. The van der Waals surface area contributed by atoms with Crippen LogP contribution >= 0.6 is 11.3 Å². The van der Waals surface area contributed by atoms with E-state index in [0.29, 0.717) is 6.04 Å². The normalized spacial score (nSPS) is 23.5. The van der Waals surface area contributed by atoms with Gasteiger partial charge in [0.2, 0.25) is 0 Å². The standard InChI is InChI=1S/C9H14N2OS/c12-7-8-3-1-2-5-11(8)9-10-4-6-13-9/h4,6,8,12H,1-3,5,7H2/t8-/m1/s1. The molecule has 0 saturated carbocycles. The predicted octanol–water partition coefficient (Wildman–Crippen LogP) is 1.49. The first-order chi connectivity index (χ1) is 6.42. The third-order valence-electron chi connectivity index (χ3n) is 2.50. The second kappa shape index (κ2) is 4.07. The molecule has 13 heavy (non-hydrogen) atoms. The highest BCUT2D eigenvalue weighted by atomic mass is 32.1. The van der Waals surface area contributed by atoms with E-state index in [2.05, 4.69) is 9.88 Å². The molecule has 72 valence electrons. The van der Waals surface area contributed by atoms with Crippen molar-refractivity contribution in [2.75, 3.05) is 18.1 Å². The number of thiazole rings is 1. The Morgan fingerprint density at radius 1 is 1.62 bits per heavy atom. The minimum atomic E-state index is 0.250. The Balaban J connectivity index is 2.11. The zero-order chi connectivity index (χ0) is 9.10. The van der Waals surface area contributed by atoms with Gasteiger partial charge in [-0.15, -0.1) is 11.3 Å². The summed E-state index contributed by atoms with van der Waals surface area (Å²) in [6.45, 7) is 1.29. The maximum atomic E-state index is 9.20. The number of piperidine rings is 1. The van der Waals surface area contributed by atoms with Gasteiger partial charge in [-0.2, -0.15) is 0 Å². The van der Waals surface area contributed by atoms with Crippen LogP contribution in [0.3, 0.4) is 0 Å². The quantitative estimate of drug-likeness (QED) is 0.782. The zero-order valence-electron chi connectivity index (χ0n) is 7.52. The van der Waals surface area contributed by atoms with Crippen LogP contribution in [0, 0.1) is 0 Å². The van der Waals surface area contributed by atoms with E-state index in [4.69, 9.17) is 0 Å². The van der Waals surface area contributed by atoms with E-state index < -0.39 is 0 Å². The fraction of sp³-hybridized carbons (Fsp3) is 0.667. The van der Waals surface area contributed by atoms with Crippen LogP contribution in [0.15, 0.2) is 11.6 Å². The Hall–Kier alpha value is -0.610. The summed E-state index contributed by atoms with van der Waals surface area (Å²) >= 11 is 1.65. The number of anilines is 1. The molecule has 0 aliphatic carbocycles. The summed E-state index contributed by atoms with van der Waals surface area (Å²) in [4.78, 5) is 6.50. The topological polar surface area (TPSA) is 36.4 Å². The molecular formula is C9H14N2OS. The number of hydrogen-bond acceptors (Lipinski definition) is 4. The third kappa shape index (κ3) is 1.84. The number of aromatic nitrogens is 1. The molecule has 1 saturated heterocycles. The molecule has 2 heterocycles. The summed E-state index contributed by atoms with van der Waals surface area (Å²) in [5.74, 6) is 0. The molecule has 0 spiro atoms. The molecule has 1 fully saturated rings. The molecule has 0 amide bonds. The minimum absolute atomic E-state index is 0.250. The number of nitrogens with zero attached hydrogens (tertiary/aromatic N) is 2. The minimum Gasteiger partial charge on any atom is -0.394 e. The van der Waals surface area contributed by atoms with Gasteiger partial charge in [0, 0.05) is 18.1 Å². The third-order valence-corrected chi connectivity index (χ3v) is 3.31. The van der Waals surface area contributed by atoms with Crippen molar-refractivity contribution >= 4 is 16.5 Å². The molecule has 1 N–H and O–H groups in total. The van der Waals surface area contributed by atoms with E-state index >= 15 is 0 Å². The van der Waals surface area contributed by atoms with Crippen LogP contribution in [0.25, 0.3) is 0 Å². The van der Waals surface area contributed by atoms with Gasteiger partial charge in [-0.1, -0.05) is 0 Å². The average Bonchev–Trinajstić information content (AvgIpc) is 2.70. The summed E-state index contributed by atoms with van der Waals surface area (Å²) < 4.78 is 0. The Morgan fingerprint density at radius 3 is 3.23 bits per heavy atom. The Labute approximate surface area is 82.0 Å². The molecule has 0 aromatic carbocycles. The van der Waals surface area contributed by atoms with Crippen LogP contribution in [-0.2, 0) is 0 Å². The van der Waals surface area contributed by atoms with Crippen molar-refractivity contribution in [2.24, 2.45) is 0 Å². The summed E-state index contributed by atoms with van der Waals surface area (Å²) in [6.07, 6.45) is 5.36. The summed E-state index contributed by atoms with van der Waals surface area (Å²) in [6, 6.07) is 0.292. The van der Waals surface area contributed by atoms with Crippen molar-refractivity contribution in [2.45, 2.75) is 25.3 Å². The van der Waals surface area contributed by atoms with Crippen LogP contribution < -0.4 is 4.90 Å². The van der Waals surface area contributed by atoms with E-state index in [1.807, 2.05) is 11.6 Å². The molecule has 1 aliphatic rings. The Bertz CT molecular complexity index is 250. The molecule has 1 atom stereocenters. The number of aliphatic hydroxyl groups is 1. The Kier molecular flexibility index (Phi) is 2.80. The van der Waals surface area contributed by atoms with Crippen LogP contribution in [0.5, 0.6) is 0 Å². The lowest BCUT2D eigenvalue weighted by atomic mass is 10.0. The van der Waals surface area contributed by atoms with Crippen LogP contribution in [0.4, 0.5) is 5.13 Å². The van der Waals surface area contributed by atoms with Gasteiger partial charge in [-0.3, -0.25) is 0 Å². The van der Waals surface area contributed by atoms with E-state index in [1.54, 1.807) is 11.3 Å². The highest BCUT2D eigenvalue weighted by Gasteiger charge is 2.22. The van der Waals surface area contributed by atoms with Gasteiger partial charge in [-0.25, -0.2) is 4.98 Å². The first-order valence-corrected chi connectivity index (χ1v) is 5.57. The lowest BCUT2D eigenvalue weighted by Crippen LogP contribution is -2.41. The molecule has 2 rings (SSSR count). The first-order valence-electron chi connectivity index (χ1n) is 4.69. The second-order valence-electron chi connectivity index (χ2n) is 3.34. The van der Waals surface area contributed by atoms with E-state index in [-0.39, 0.29) is 6.61 Å².